The highest BCUT2D eigenvalue weighted by Crippen LogP contribution is 2.21. The van der Waals surface area contributed by atoms with E-state index in [4.69, 9.17) is 5.73 Å². The van der Waals surface area contributed by atoms with E-state index >= 15 is 0 Å². The molecule has 21 heavy (non-hydrogen) atoms. The van der Waals surface area contributed by atoms with E-state index in [0.29, 0.717) is 13.0 Å². The van der Waals surface area contributed by atoms with Crippen molar-refractivity contribution in [1.29, 1.82) is 0 Å². The van der Waals surface area contributed by atoms with Gasteiger partial charge in [-0.25, -0.2) is 0 Å². The SMILES string of the molecule is CC(CC(=O)N(C)Cc1ccncc1)c1ccc(N)cc1. The monoisotopic (exact) mass is 283 g/mol. The van der Waals surface area contributed by atoms with Gasteiger partial charge in [-0.2, -0.15) is 0 Å². The van der Waals surface area contributed by atoms with E-state index in [9.17, 15) is 4.79 Å². The number of hydrogen-bond donors (Lipinski definition) is 1. The minimum Gasteiger partial charge on any atom is -0.399 e. The van der Waals surface area contributed by atoms with Crippen molar-refractivity contribution in [1.82, 2.24) is 9.88 Å². The molecule has 0 bridgehead atoms. The number of nitrogen functional groups attached to an aromatic ring is 1. The van der Waals surface area contributed by atoms with E-state index in [0.717, 1.165) is 16.8 Å². The summed E-state index contributed by atoms with van der Waals surface area (Å²) in [7, 11) is 1.83. The van der Waals surface area contributed by atoms with Gasteiger partial charge in [-0.3, -0.25) is 9.78 Å². The molecule has 0 saturated heterocycles. The summed E-state index contributed by atoms with van der Waals surface area (Å²) in [5.74, 6) is 0.314. The van der Waals surface area contributed by atoms with E-state index in [1.807, 2.05) is 43.4 Å². The molecule has 0 aliphatic heterocycles. The van der Waals surface area contributed by atoms with Gasteiger partial charge < -0.3 is 10.6 Å². The molecule has 0 radical (unpaired) electrons. The van der Waals surface area contributed by atoms with Gasteiger partial charge in [0.05, 0.1) is 0 Å². The highest BCUT2D eigenvalue weighted by atomic mass is 16.2. The summed E-state index contributed by atoms with van der Waals surface area (Å²) in [6, 6.07) is 11.6. The molecule has 110 valence electrons. The molecule has 0 aliphatic rings. The quantitative estimate of drug-likeness (QED) is 0.858. The topological polar surface area (TPSA) is 59.2 Å². The van der Waals surface area contributed by atoms with Gasteiger partial charge in [0.1, 0.15) is 0 Å². The van der Waals surface area contributed by atoms with Gasteiger partial charge in [-0.1, -0.05) is 19.1 Å². The first-order valence-electron chi connectivity index (χ1n) is 7.04. The Bertz CT molecular complexity index is 581. The average Bonchev–Trinajstić information content (AvgIpc) is 2.48. The van der Waals surface area contributed by atoms with Crippen molar-refractivity contribution in [2.45, 2.75) is 25.8 Å². The van der Waals surface area contributed by atoms with Crippen LogP contribution in [0.4, 0.5) is 5.69 Å². The number of amides is 1. The lowest BCUT2D eigenvalue weighted by Gasteiger charge is -2.20. The molecule has 0 saturated carbocycles. The fourth-order valence-corrected chi connectivity index (χ4v) is 2.21. The zero-order valence-electron chi connectivity index (χ0n) is 12.5. The number of rotatable bonds is 5. The number of carbonyl (C=O) groups is 1. The van der Waals surface area contributed by atoms with E-state index in [2.05, 4.69) is 11.9 Å². The van der Waals surface area contributed by atoms with Crippen LogP contribution in [0.25, 0.3) is 0 Å². The second-order valence-electron chi connectivity index (χ2n) is 5.38. The first-order valence-corrected chi connectivity index (χ1v) is 7.04. The maximum absolute atomic E-state index is 12.3. The Kier molecular flexibility index (Phi) is 4.93. The molecule has 1 aromatic heterocycles. The molecule has 1 amide bonds. The Labute approximate surface area is 125 Å². The number of anilines is 1. The Hall–Kier alpha value is -2.36. The van der Waals surface area contributed by atoms with Crippen LogP contribution in [0.15, 0.2) is 48.8 Å². The summed E-state index contributed by atoms with van der Waals surface area (Å²) in [6.07, 6.45) is 3.97. The lowest BCUT2D eigenvalue weighted by molar-refractivity contribution is -0.130. The third kappa shape index (κ3) is 4.31. The van der Waals surface area contributed by atoms with Crippen molar-refractivity contribution in [3.05, 3.63) is 59.9 Å². The van der Waals surface area contributed by atoms with E-state index in [1.54, 1.807) is 17.3 Å². The Morgan fingerprint density at radius 1 is 1.19 bits per heavy atom. The standard InChI is InChI=1S/C17H21N3O/c1-13(15-3-5-16(18)6-4-15)11-17(21)20(2)12-14-7-9-19-10-8-14/h3-10,13H,11-12,18H2,1-2H3. The molecule has 0 fully saturated rings. The average molecular weight is 283 g/mol. The molecule has 4 nitrogen and oxygen atoms in total. The number of benzene rings is 1. The predicted molar refractivity (Wildman–Crippen MR) is 84.6 cm³/mol. The van der Waals surface area contributed by atoms with E-state index in [1.165, 1.54) is 0 Å². The second kappa shape index (κ2) is 6.88. The van der Waals surface area contributed by atoms with E-state index < -0.39 is 0 Å². The lowest BCUT2D eigenvalue weighted by Crippen LogP contribution is -2.27. The summed E-state index contributed by atoms with van der Waals surface area (Å²) < 4.78 is 0. The van der Waals surface area contributed by atoms with Gasteiger partial charge in [-0.15, -0.1) is 0 Å². The first-order chi connectivity index (χ1) is 10.1. The van der Waals surface area contributed by atoms with Crippen LogP contribution in [-0.4, -0.2) is 22.8 Å². The van der Waals surface area contributed by atoms with Crippen LogP contribution in [0, 0.1) is 0 Å². The largest absolute Gasteiger partial charge is 0.399 e. The van der Waals surface area contributed by atoms with Crippen LogP contribution in [0.1, 0.15) is 30.4 Å². The van der Waals surface area contributed by atoms with Crippen LogP contribution in [0.5, 0.6) is 0 Å². The number of nitrogens with two attached hydrogens (primary N) is 1. The summed E-state index contributed by atoms with van der Waals surface area (Å²) in [5.41, 5.74) is 8.64. The molecule has 1 aromatic carbocycles. The number of nitrogens with zero attached hydrogens (tertiary/aromatic N) is 2. The molecule has 2 N–H and O–H groups in total. The maximum Gasteiger partial charge on any atom is 0.223 e. The predicted octanol–water partition coefficient (Wildman–Crippen LogP) is 2.82. The van der Waals surface area contributed by atoms with Gasteiger partial charge in [-0.05, 0) is 41.3 Å². The normalized spacial score (nSPS) is 11.9. The second-order valence-corrected chi connectivity index (χ2v) is 5.38. The summed E-state index contributed by atoms with van der Waals surface area (Å²) in [5, 5.41) is 0. The number of carbonyl (C=O) groups excluding carboxylic acids is 1. The van der Waals surface area contributed by atoms with Crippen LogP contribution in [0.3, 0.4) is 0 Å². The molecular formula is C17H21N3O. The molecular weight excluding hydrogens is 262 g/mol. The van der Waals surface area contributed by atoms with Crippen LogP contribution >= 0.6 is 0 Å². The summed E-state index contributed by atoms with van der Waals surface area (Å²) >= 11 is 0. The molecule has 1 unspecified atom stereocenters. The number of aromatic nitrogens is 1. The van der Waals surface area contributed by atoms with Gasteiger partial charge >= 0.3 is 0 Å². The minimum atomic E-state index is 0.135. The van der Waals surface area contributed by atoms with Crippen molar-refractivity contribution in [3.63, 3.8) is 0 Å². The third-order valence-electron chi connectivity index (χ3n) is 3.58. The highest BCUT2D eigenvalue weighted by molar-refractivity contribution is 5.76. The Morgan fingerprint density at radius 3 is 2.43 bits per heavy atom. The molecule has 4 heteroatoms. The number of hydrogen-bond acceptors (Lipinski definition) is 3. The van der Waals surface area contributed by atoms with Crippen molar-refractivity contribution in [2.75, 3.05) is 12.8 Å². The lowest BCUT2D eigenvalue weighted by atomic mass is 9.97. The van der Waals surface area contributed by atoms with Crippen molar-refractivity contribution in [2.24, 2.45) is 0 Å². The first kappa shape index (κ1) is 15.0. The fraction of sp³-hybridized carbons (Fsp3) is 0.294. The highest BCUT2D eigenvalue weighted by Gasteiger charge is 2.15. The molecule has 1 heterocycles. The third-order valence-corrected chi connectivity index (χ3v) is 3.58. The van der Waals surface area contributed by atoms with Gasteiger partial charge in [0.15, 0.2) is 0 Å². The zero-order chi connectivity index (χ0) is 15.2. The van der Waals surface area contributed by atoms with Crippen molar-refractivity contribution >= 4 is 11.6 Å². The molecule has 2 rings (SSSR count). The molecule has 1 atom stereocenters. The van der Waals surface area contributed by atoms with Gasteiger partial charge in [0.2, 0.25) is 5.91 Å². The van der Waals surface area contributed by atoms with Crippen molar-refractivity contribution < 1.29 is 4.79 Å². The van der Waals surface area contributed by atoms with Crippen molar-refractivity contribution in [3.8, 4) is 0 Å². The molecule has 0 spiro atoms. The number of pyridine rings is 1. The Balaban J connectivity index is 1.92. The van der Waals surface area contributed by atoms with Gasteiger partial charge in [0.25, 0.3) is 0 Å². The molecule has 2 aromatic rings. The Morgan fingerprint density at radius 2 is 1.81 bits per heavy atom. The van der Waals surface area contributed by atoms with Crippen LogP contribution in [0.2, 0.25) is 0 Å². The van der Waals surface area contributed by atoms with Crippen LogP contribution in [-0.2, 0) is 11.3 Å². The summed E-state index contributed by atoms with van der Waals surface area (Å²) in [4.78, 5) is 18.0. The minimum absolute atomic E-state index is 0.135. The smallest absolute Gasteiger partial charge is 0.223 e. The fourth-order valence-electron chi connectivity index (χ4n) is 2.21. The maximum atomic E-state index is 12.3. The van der Waals surface area contributed by atoms with Crippen LogP contribution < -0.4 is 5.73 Å². The zero-order valence-corrected chi connectivity index (χ0v) is 12.5. The molecule has 0 aliphatic carbocycles. The van der Waals surface area contributed by atoms with Gasteiger partial charge in [0, 0.05) is 38.1 Å². The summed E-state index contributed by atoms with van der Waals surface area (Å²) in [6.45, 7) is 2.67. The van der Waals surface area contributed by atoms with E-state index in [-0.39, 0.29) is 11.8 Å².